The van der Waals surface area contributed by atoms with E-state index >= 15 is 0 Å². The van der Waals surface area contributed by atoms with Gasteiger partial charge in [0, 0.05) is 11.2 Å². The largest absolute Gasteiger partial charge is 0.396 e. The molecule has 0 bridgehead atoms. The first-order chi connectivity index (χ1) is 5.27. The predicted octanol–water partition coefficient (Wildman–Crippen LogP) is 1.57. The number of hydrogen-bond donors (Lipinski definition) is 1. The fraction of sp³-hybridized carbons (Fsp3) is 0. The van der Waals surface area contributed by atoms with Crippen LogP contribution >= 0.6 is 11.6 Å². The third-order valence-corrected chi connectivity index (χ3v) is 1.75. The second kappa shape index (κ2) is 2.13. The molecule has 3 nitrogen and oxygen atoms in total. The summed E-state index contributed by atoms with van der Waals surface area (Å²) in [6.07, 6.45) is 3.37. The highest BCUT2D eigenvalue weighted by atomic mass is 35.5. The van der Waals surface area contributed by atoms with E-state index in [1.54, 1.807) is 29.0 Å². The van der Waals surface area contributed by atoms with Crippen LogP contribution in [-0.4, -0.2) is 9.61 Å². The molecule has 2 heterocycles. The molecule has 56 valence electrons. The van der Waals surface area contributed by atoms with Crippen molar-refractivity contribution in [3.63, 3.8) is 0 Å². The minimum atomic E-state index is 0.646. The Morgan fingerprint density at radius 2 is 2.36 bits per heavy atom. The van der Waals surface area contributed by atoms with E-state index in [2.05, 4.69) is 5.10 Å². The van der Waals surface area contributed by atoms with Gasteiger partial charge in [0.1, 0.15) is 0 Å². The predicted molar refractivity (Wildman–Crippen MR) is 44.6 cm³/mol. The van der Waals surface area contributed by atoms with Gasteiger partial charge in [0.05, 0.1) is 17.4 Å². The summed E-state index contributed by atoms with van der Waals surface area (Å²) in [5.74, 6) is 0. The molecule has 2 rings (SSSR count). The number of pyridine rings is 1. The Balaban J connectivity index is 2.87. The third-order valence-electron chi connectivity index (χ3n) is 1.51. The number of nitrogens with two attached hydrogens (primary N) is 1. The molecular formula is C7H6ClN3. The molecule has 0 aliphatic carbocycles. The summed E-state index contributed by atoms with van der Waals surface area (Å²) in [5, 5.41) is 4.66. The second-order valence-corrected chi connectivity index (χ2v) is 2.71. The first kappa shape index (κ1) is 6.49. The van der Waals surface area contributed by atoms with Crippen molar-refractivity contribution in [2.24, 2.45) is 0 Å². The van der Waals surface area contributed by atoms with Crippen LogP contribution < -0.4 is 5.73 Å². The summed E-state index contributed by atoms with van der Waals surface area (Å²) in [4.78, 5) is 0. The zero-order chi connectivity index (χ0) is 7.84. The molecule has 0 fully saturated rings. The Bertz CT molecular complexity index is 393. The highest BCUT2D eigenvalue weighted by Gasteiger charge is 1.98. The number of halogens is 1. The minimum absolute atomic E-state index is 0.646. The Morgan fingerprint density at radius 3 is 3.18 bits per heavy atom. The Labute approximate surface area is 68.4 Å². The molecule has 4 heteroatoms. The number of rotatable bonds is 0. The molecule has 0 radical (unpaired) electrons. The molecule has 0 atom stereocenters. The topological polar surface area (TPSA) is 43.3 Å². The van der Waals surface area contributed by atoms with Crippen LogP contribution in [0, 0.1) is 0 Å². The SMILES string of the molecule is Nc1cnn2ccc(Cl)cc12. The first-order valence-electron chi connectivity index (χ1n) is 3.16. The van der Waals surface area contributed by atoms with Crippen LogP contribution in [0.1, 0.15) is 0 Å². The van der Waals surface area contributed by atoms with Crippen LogP contribution in [0.4, 0.5) is 5.69 Å². The van der Waals surface area contributed by atoms with Crippen LogP contribution in [0.5, 0.6) is 0 Å². The fourth-order valence-electron chi connectivity index (χ4n) is 0.974. The van der Waals surface area contributed by atoms with Crippen molar-refractivity contribution in [3.05, 3.63) is 29.5 Å². The average Bonchev–Trinajstić information content (AvgIpc) is 2.33. The summed E-state index contributed by atoms with van der Waals surface area (Å²) >= 11 is 5.75. The van der Waals surface area contributed by atoms with E-state index in [9.17, 15) is 0 Å². The molecule has 0 aliphatic heterocycles. The highest BCUT2D eigenvalue weighted by molar-refractivity contribution is 6.31. The molecule has 11 heavy (non-hydrogen) atoms. The van der Waals surface area contributed by atoms with Gasteiger partial charge in [-0.25, -0.2) is 4.52 Å². The maximum Gasteiger partial charge on any atom is 0.0906 e. The van der Waals surface area contributed by atoms with Crippen LogP contribution in [0.15, 0.2) is 24.5 Å². The third kappa shape index (κ3) is 0.935. The van der Waals surface area contributed by atoms with Gasteiger partial charge in [0.2, 0.25) is 0 Å². The lowest BCUT2D eigenvalue weighted by Crippen LogP contribution is -1.86. The first-order valence-corrected chi connectivity index (χ1v) is 3.53. The van der Waals surface area contributed by atoms with Crippen molar-refractivity contribution in [1.82, 2.24) is 9.61 Å². The van der Waals surface area contributed by atoms with Crippen LogP contribution in [0.25, 0.3) is 5.52 Å². The zero-order valence-corrected chi connectivity index (χ0v) is 6.42. The van der Waals surface area contributed by atoms with E-state index in [4.69, 9.17) is 17.3 Å². The molecule has 0 saturated carbocycles. The van der Waals surface area contributed by atoms with E-state index in [0.717, 1.165) is 5.52 Å². The van der Waals surface area contributed by atoms with Crippen LogP contribution in [-0.2, 0) is 0 Å². The van der Waals surface area contributed by atoms with Gasteiger partial charge in [0.25, 0.3) is 0 Å². The van der Waals surface area contributed by atoms with E-state index in [0.29, 0.717) is 10.7 Å². The average molecular weight is 168 g/mol. The maximum atomic E-state index is 5.75. The number of hydrogen-bond acceptors (Lipinski definition) is 2. The maximum absolute atomic E-state index is 5.75. The van der Waals surface area contributed by atoms with Gasteiger partial charge in [0.15, 0.2) is 0 Å². The van der Waals surface area contributed by atoms with E-state index < -0.39 is 0 Å². The Hall–Kier alpha value is -1.22. The standard InChI is InChI=1S/C7H6ClN3/c8-5-1-2-11-7(3-5)6(9)4-10-11/h1-4H,9H2. The van der Waals surface area contributed by atoms with Crippen molar-refractivity contribution >= 4 is 22.8 Å². The smallest absolute Gasteiger partial charge is 0.0906 e. The lowest BCUT2D eigenvalue weighted by molar-refractivity contribution is 0.961. The quantitative estimate of drug-likeness (QED) is 0.647. The van der Waals surface area contributed by atoms with Crippen LogP contribution in [0.3, 0.4) is 0 Å². The molecule has 0 unspecified atom stereocenters. The second-order valence-electron chi connectivity index (χ2n) is 2.27. The van der Waals surface area contributed by atoms with Gasteiger partial charge >= 0.3 is 0 Å². The summed E-state index contributed by atoms with van der Waals surface area (Å²) < 4.78 is 1.68. The summed E-state index contributed by atoms with van der Waals surface area (Å²) in [6, 6.07) is 3.55. The van der Waals surface area contributed by atoms with Gasteiger partial charge < -0.3 is 5.73 Å². The lowest BCUT2D eigenvalue weighted by Gasteiger charge is -1.93. The van der Waals surface area contributed by atoms with Gasteiger partial charge in [-0.2, -0.15) is 5.10 Å². The van der Waals surface area contributed by atoms with Crippen molar-refractivity contribution < 1.29 is 0 Å². The van der Waals surface area contributed by atoms with Crippen LogP contribution in [0.2, 0.25) is 5.02 Å². The van der Waals surface area contributed by atoms with Gasteiger partial charge in [-0.3, -0.25) is 0 Å². The summed E-state index contributed by atoms with van der Waals surface area (Å²) in [5.41, 5.74) is 7.09. The number of anilines is 1. The minimum Gasteiger partial charge on any atom is -0.396 e. The van der Waals surface area contributed by atoms with Gasteiger partial charge in [-0.05, 0) is 12.1 Å². The molecule has 0 spiro atoms. The fourth-order valence-corrected chi connectivity index (χ4v) is 1.13. The number of nitrogen functional groups attached to an aromatic ring is 1. The van der Waals surface area contributed by atoms with E-state index in [-0.39, 0.29) is 0 Å². The van der Waals surface area contributed by atoms with Crippen molar-refractivity contribution in [2.45, 2.75) is 0 Å². The van der Waals surface area contributed by atoms with Gasteiger partial charge in [-0.1, -0.05) is 11.6 Å². The highest BCUT2D eigenvalue weighted by Crippen LogP contribution is 2.16. The van der Waals surface area contributed by atoms with E-state index in [1.165, 1.54) is 0 Å². The monoisotopic (exact) mass is 167 g/mol. The number of aromatic nitrogens is 2. The molecule has 0 amide bonds. The summed E-state index contributed by atoms with van der Waals surface area (Å²) in [7, 11) is 0. The number of fused-ring (bicyclic) bond motifs is 1. The van der Waals surface area contributed by atoms with Crippen molar-refractivity contribution in [3.8, 4) is 0 Å². The zero-order valence-electron chi connectivity index (χ0n) is 5.66. The lowest BCUT2D eigenvalue weighted by atomic mass is 10.4. The molecule has 0 saturated heterocycles. The van der Waals surface area contributed by atoms with Crippen molar-refractivity contribution in [2.75, 3.05) is 5.73 Å². The number of nitrogens with zero attached hydrogens (tertiary/aromatic N) is 2. The normalized spacial score (nSPS) is 10.6. The van der Waals surface area contributed by atoms with E-state index in [1.807, 2.05) is 0 Å². The molecule has 2 aromatic rings. The summed E-state index contributed by atoms with van der Waals surface area (Å²) in [6.45, 7) is 0. The van der Waals surface area contributed by atoms with Gasteiger partial charge in [-0.15, -0.1) is 0 Å². The molecule has 0 aliphatic rings. The van der Waals surface area contributed by atoms with Crippen molar-refractivity contribution in [1.29, 1.82) is 0 Å². The molecule has 2 aromatic heterocycles. The molecule has 0 aromatic carbocycles. The Kier molecular flexibility index (Phi) is 1.26. The Morgan fingerprint density at radius 1 is 1.55 bits per heavy atom. The molecular weight excluding hydrogens is 162 g/mol. The molecule has 2 N–H and O–H groups in total.